The predicted molar refractivity (Wildman–Crippen MR) is 101 cm³/mol. The molecule has 1 aromatic carbocycles. The molecule has 1 unspecified atom stereocenters. The Labute approximate surface area is 159 Å². The minimum Gasteiger partial charge on any atom is -0.341 e. The number of carbonyl (C=O) groups excluding carboxylic acids is 2. The first-order valence-corrected chi connectivity index (χ1v) is 9.02. The van der Waals surface area contributed by atoms with Crippen molar-refractivity contribution < 1.29 is 9.59 Å². The quantitative estimate of drug-likeness (QED) is 0.525. The fraction of sp³-hybridized carbons (Fsp3) is 0.278. The Morgan fingerprint density at radius 1 is 1.12 bits per heavy atom. The molecule has 1 atom stereocenters. The van der Waals surface area contributed by atoms with Gasteiger partial charge in [-0.25, -0.2) is 0 Å². The van der Waals surface area contributed by atoms with E-state index in [1.165, 1.54) is 21.7 Å². The van der Waals surface area contributed by atoms with Crippen LogP contribution in [0.25, 0.3) is 0 Å². The highest BCUT2D eigenvalue weighted by Gasteiger charge is 2.32. The first-order chi connectivity index (χ1) is 11.9. The van der Waals surface area contributed by atoms with E-state index < -0.39 is 23.3 Å². The van der Waals surface area contributed by atoms with Gasteiger partial charge >= 0.3 is 0 Å². The van der Waals surface area contributed by atoms with Crippen LogP contribution in [0.4, 0.5) is 0 Å². The van der Waals surface area contributed by atoms with Crippen LogP contribution in [0.2, 0.25) is 5.02 Å². The van der Waals surface area contributed by atoms with Gasteiger partial charge in [0, 0.05) is 40.4 Å². The number of carbonyl (C=O) groups is 2. The zero-order valence-electron chi connectivity index (χ0n) is 13.9. The Morgan fingerprint density at radius 2 is 1.72 bits per heavy atom. The Morgan fingerprint density at radius 3 is 2.28 bits per heavy atom. The normalized spacial score (nSPS) is 11.8. The predicted octanol–water partition coefficient (Wildman–Crippen LogP) is 3.56. The molecular weight excluding hydrogens is 408 g/mol. The number of hydrogen-bond acceptors (Lipinski definition) is 3. The van der Waals surface area contributed by atoms with Crippen LogP contribution in [0.1, 0.15) is 30.2 Å². The molecule has 0 aliphatic rings. The van der Waals surface area contributed by atoms with Crippen molar-refractivity contribution >= 4 is 39.2 Å². The zero-order chi connectivity index (χ0) is 18.6. The van der Waals surface area contributed by atoms with Crippen molar-refractivity contribution in [2.75, 3.05) is 13.1 Å². The van der Waals surface area contributed by atoms with Crippen molar-refractivity contribution in [1.82, 2.24) is 9.47 Å². The maximum atomic E-state index is 13.0. The number of pyridine rings is 1. The summed E-state index contributed by atoms with van der Waals surface area (Å²) in [6.07, 6.45) is 1.46. The molecule has 0 saturated heterocycles. The van der Waals surface area contributed by atoms with Crippen molar-refractivity contribution in [3.05, 3.63) is 68.0 Å². The number of aromatic nitrogens is 1. The van der Waals surface area contributed by atoms with E-state index in [2.05, 4.69) is 15.9 Å². The molecule has 0 N–H and O–H groups in total. The highest BCUT2D eigenvalue weighted by Crippen LogP contribution is 2.20. The van der Waals surface area contributed by atoms with Gasteiger partial charge in [0.1, 0.15) is 0 Å². The van der Waals surface area contributed by atoms with E-state index in [0.717, 1.165) is 0 Å². The van der Waals surface area contributed by atoms with Gasteiger partial charge in [-0.3, -0.25) is 19.0 Å². The van der Waals surface area contributed by atoms with Gasteiger partial charge in [0.05, 0.1) is 0 Å². The van der Waals surface area contributed by atoms with Gasteiger partial charge in [0.25, 0.3) is 11.5 Å². The van der Waals surface area contributed by atoms with Crippen molar-refractivity contribution in [2.24, 2.45) is 0 Å². The van der Waals surface area contributed by atoms with Crippen LogP contribution in [0.5, 0.6) is 0 Å². The second kappa shape index (κ2) is 8.45. The molecule has 132 valence electrons. The molecule has 5 nitrogen and oxygen atoms in total. The minimum absolute atomic E-state index is 0.321. The fourth-order valence-corrected chi connectivity index (χ4v) is 2.99. The molecule has 0 radical (unpaired) electrons. The number of Topliss-reactive ketones (excluding diaryl/α,β-unsaturated/α-hetero) is 1. The highest BCUT2D eigenvalue weighted by atomic mass is 79.9. The summed E-state index contributed by atoms with van der Waals surface area (Å²) in [5.41, 5.74) is -0.0993. The number of nitrogens with zero attached hydrogens (tertiary/aromatic N) is 2. The van der Waals surface area contributed by atoms with Gasteiger partial charge in [0.15, 0.2) is 11.8 Å². The molecule has 2 rings (SSSR count). The lowest BCUT2D eigenvalue weighted by atomic mass is 10.0. The number of halogens is 2. The van der Waals surface area contributed by atoms with E-state index in [1.807, 2.05) is 13.8 Å². The summed E-state index contributed by atoms with van der Waals surface area (Å²) < 4.78 is 1.77. The van der Waals surface area contributed by atoms with Gasteiger partial charge in [-0.05, 0) is 60.1 Å². The van der Waals surface area contributed by atoms with E-state index in [-0.39, 0.29) is 0 Å². The zero-order valence-corrected chi connectivity index (χ0v) is 16.3. The van der Waals surface area contributed by atoms with Gasteiger partial charge in [-0.15, -0.1) is 0 Å². The molecule has 7 heteroatoms. The average Bonchev–Trinajstić information content (AvgIpc) is 2.60. The summed E-state index contributed by atoms with van der Waals surface area (Å²) in [6.45, 7) is 4.55. The lowest BCUT2D eigenvalue weighted by Crippen LogP contribution is -2.43. The molecule has 0 fully saturated rings. The maximum Gasteiger partial charge on any atom is 0.253 e. The van der Waals surface area contributed by atoms with E-state index in [9.17, 15) is 14.4 Å². The Bertz CT molecular complexity index is 829. The summed E-state index contributed by atoms with van der Waals surface area (Å²) >= 11 is 9.16. The number of hydrogen-bond donors (Lipinski definition) is 0. The van der Waals surface area contributed by atoms with Crippen LogP contribution < -0.4 is 5.56 Å². The van der Waals surface area contributed by atoms with Gasteiger partial charge in [-0.1, -0.05) is 11.6 Å². The maximum absolute atomic E-state index is 13.0. The van der Waals surface area contributed by atoms with Crippen LogP contribution in [0.15, 0.2) is 51.9 Å². The second-order valence-corrected chi connectivity index (χ2v) is 6.73. The lowest BCUT2D eigenvalue weighted by molar-refractivity contribution is -0.133. The third-order valence-electron chi connectivity index (χ3n) is 3.87. The van der Waals surface area contributed by atoms with Crippen molar-refractivity contribution in [3.8, 4) is 0 Å². The first-order valence-electron chi connectivity index (χ1n) is 7.85. The molecule has 1 aromatic heterocycles. The van der Waals surface area contributed by atoms with Crippen molar-refractivity contribution in [3.63, 3.8) is 0 Å². The average molecular weight is 426 g/mol. The molecular formula is C18H18BrClN2O3. The van der Waals surface area contributed by atoms with Gasteiger partial charge < -0.3 is 4.90 Å². The molecule has 0 bridgehead atoms. The molecule has 1 heterocycles. The molecule has 1 amide bonds. The molecule has 0 aliphatic carbocycles. The summed E-state index contributed by atoms with van der Waals surface area (Å²) in [5, 5.41) is 0.489. The standard InChI is InChI=1S/C18H18BrClN2O3/c1-3-21(4-2)18(25)16(22-11-13(19)7-10-15(22)23)17(24)12-5-8-14(20)9-6-12/h5-11,16H,3-4H2,1-2H3. The van der Waals surface area contributed by atoms with Gasteiger partial charge in [-0.2, -0.15) is 0 Å². The Kier molecular flexibility index (Phi) is 6.56. The van der Waals surface area contributed by atoms with E-state index in [4.69, 9.17) is 11.6 Å². The third kappa shape index (κ3) is 4.38. The smallest absolute Gasteiger partial charge is 0.253 e. The monoisotopic (exact) mass is 424 g/mol. The van der Waals surface area contributed by atoms with Crippen molar-refractivity contribution in [1.29, 1.82) is 0 Å². The summed E-state index contributed by atoms with van der Waals surface area (Å²) in [4.78, 5) is 39.8. The SMILES string of the molecule is CCN(CC)C(=O)C(C(=O)c1ccc(Cl)cc1)n1cc(Br)ccc1=O. The summed E-state index contributed by atoms with van der Waals surface area (Å²) in [6, 6.07) is 7.90. The van der Waals surface area contributed by atoms with Gasteiger partial charge in [0.2, 0.25) is 0 Å². The Hall–Kier alpha value is -1.92. The van der Waals surface area contributed by atoms with Crippen LogP contribution in [0, 0.1) is 0 Å². The summed E-state index contributed by atoms with van der Waals surface area (Å²) in [7, 11) is 0. The van der Waals surface area contributed by atoms with Crippen LogP contribution >= 0.6 is 27.5 Å². The molecule has 0 aliphatic heterocycles. The third-order valence-corrected chi connectivity index (χ3v) is 4.59. The number of benzene rings is 1. The second-order valence-electron chi connectivity index (χ2n) is 5.38. The number of rotatable bonds is 6. The largest absolute Gasteiger partial charge is 0.341 e. The van der Waals surface area contributed by atoms with Crippen LogP contribution in [-0.2, 0) is 4.79 Å². The Balaban J connectivity index is 2.57. The van der Waals surface area contributed by atoms with Crippen LogP contribution in [-0.4, -0.2) is 34.2 Å². The topological polar surface area (TPSA) is 59.4 Å². The fourth-order valence-electron chi connectivity index (χ4n) is 2.52. The first kappa shape index (κ1) is 19.4. The van der Waals surface area contributed by atoms with E-state index in [0.29, 0.717) is 28.1 Å². The van der Waals surface area contributed by atoms with E-state index >= 15 is 0 Å². The summed E-state index contributed by atoms with van der Waals surface area (Å²) in [5.74, 6) is -0.862. The minimum atomic E-state index is -1.26. The number of amides is 1. The molecule has 0 spiro atoms. The van der Waals surface area contributed by atoms with Crippen LogP contribution in [0.3, 0.4) is 0 Å². The van der Waals surface area contributed by atoms with Crippen molar-refractivity contribution in [2.45, 2.75) is 19.9 Å². The van der Waals surface area contributed by atoms with E-state index in [1.54, 1.807) is 30.3 Å². The molecule has 2 aromatic rings. The highest BCUT2D eigenvalue weighted by molar-refractivity contribution is 9.10. The number of ketones is 1. The lowest BCUT2D eigenvalue weighted by Gasteiger charge is -2.26. The molecule has 0 saturated carbocycles. The molecule has 25 heavy (non-hydrogen) atoms. The number of likely N-dealkylation sites (N-methyl/N-ethyl adjacent to an activating group) is 1.